The van der Waals surface area contributed by atoms with E-state index in [2.05, 4.69) is 48.6 Å². The molecule has 4 amide bonds. The van der Waals surface area contributed by atoms with Crippen LogP contribution in [-0.4, -0.2) is 78.0 Å². The van der Waals surface area contributed by atoms with Crippen LogP contribution in [0.3, 0.4) is 0 Å². The third-order valence-electron chi connectivity index (χ3n) is 11.3. The number of oxazole rings is 1. The molecule has 2 aliphatic rings. The number of nitrogens with zero attached hydrogens (tertiary/aromatic N) is 2. The normalized spacial score (nSPS) is 18.6. The number of ether oxygens (including phenoxy) is 2. The highest BCUT2D eigenvalue weighted by Gasteiger charge is 2.53. The van der Waals surface area contributed by atoms with Crippen LogP contribution < -0.4 is 20.7 Å². The number of amides is 4. The smallest absolute Gasteiger partial charge is 0.251 e. The van der Waals surface area contributed by atoms with E-state index in [1.807, 2.05) is 71.0 Å². The number of hydrogen-bond donors (Lipinski definition) is 3. The van der Waals surface area contributed by atoms with Crippen LogP contribution in [0.4, 0.5) is 0 Å². The largest absolute Gasteiger partial charge is 0.494 e. The van der Waals surface area contributed by atoms with Gasteiger partial charge in [0.15, 0.2) is 12.2 Å². The molecular weight excluding hydrogens is 723 g/mol. The molecule has 2 heterocycles. The van der Waals surface area contributed by atoms with Crippen molar-refractivity contribution in [3.8, 4) is 17.1 Å². The van der Waals surface area contributed by atoms with Crippen molar-refractivity contribution in [3.63, 3.8) is 0 Å². The second kappa shape index (κ2) is 18.3. The first-order valence-electron chi connectivity index (χ1n) is 20.4. The van der Waals surface area contributed by atoms with E-state index in [1.54, 1.807) is 17.0 Å². The molecule has 5 rings (SSSR count). The lowest BCUT2D eigenvalue weighted by Gasteiger charge is -2.57. The number of unbranched alkanes of at least 4 members (excludes halogenated alkanes) is 2. The van der Waals surface area contributed by atoms with Gasteiger partial charge in [0.2, 0.25) is 17.7 Å². The zero-order chi connectivity index (χ0) is 41.5. The predicted octanol–water partition coefficient (Wildman–Crippen LogP) is 7.17. The molecule has 3 atom stereocenters. The average molecular weight is 786 g/mol. The first kappa shape index (κ1) is 43.4. The van der Waals surface area contributed by atoms with E-state index in [4.69, 9.17) is 13.9 Å². The van der Waals surface area contributed by atoms with Gasteiger partial charge in [0.25, 0.3) is 5.91 Å². The number of nitrogens with one attached hydrogen (secondary N) is 3. The summed E-state index contributed by atoms with van der Waals surface area (Å²) in [6.07, 6.45) is 6.16. The molecule has 2 aromatic carbocycles. The quantitative estimate of drug-likeness (QED) is 0.122. The molecule has 310 valence electrons. The van der Waals surface area contributed by atoms with Gasteiger partial charge in [-0.05, 0) is 98.4 Å². The number of rotatable bonds is 17. The number of benzene rings is 2. The number of carbonyl (C=O) groups is 4. The molecule has 1 saturated carbocycles. The van der Waals surface area contributed by atoms with Gasteiger partial charge < -0.3 is 34.7 Å². The van der Waals surface area contributed by atoms with E-state index in [0.717, 1.165) is 42.5 Å². The lowest BCUT2D eigenvalue weighted by Crippen LogP contribution is -2.63. The van der Waals surface area contributed by atoms with Crippen molar-refractivity contribution >= 4 is 23.6 Å². The minimum atomic E-state index is -0.825. The molecule has 0 radical (unpaired) electrons. The molecule has 3 aromatic rings. The highest BCUT2D eigenvalue weighted by molar-refractivity contribution is 5.95. The van der Waals surface area contributed by atoms with Crippen molar-refractivity contribution in [2.24, 2.45) is 16.2 Å². The molecular formula is C45H63N5O7. The van der Waals surface area contributed by atoms with E-state index in [1.165, 1.54) is 6.39 Å². The van der Waals surface area contributed by atoms with Crippen LogP contribution in [0, 0.1) is 23.2 Å². The zero-order valence-electron chi connectivity index (χ0n) is 35.3. The van der Waals surface area contributed by atoms with Crippen LogP contribution in [0.1, 0.15) is 122 Å². The number of hydrogen-bond acceptors (Lipinski definition) is 8. The minimum Gasteiger partial charge on any atom is -0.494 e. The fourth-order valence-corrected chi connectivity index (χ4v) is 8.67. The SMILES string of the molecule is Cc1ncoc1-c1ccc([C@H](C)NC(=O)[C@@H]2CCCN2C(=O)[C@@H](NC(=O)COCCCCCOc2ccc(C(=O)NC3C(C)(C)CC3(C)C)cc2)C(C)(C)C)cc1. The highest BCUT2D eigenvalue weighted by Crippen LogP contribution is 2.53. The maximum Gasteiger partial charge on any atom is 0.251 e. The topological polar surface area (TPSA) is 152 Å². The molecule has 0 spiro atoms. The van der Waals surface area contributed by atoms with Crippen LogP contribution in [-0.2, 0) is 19.1 Å². The van der Waals surface area contributed by atoms with Crippen molar-refractivity contribution in [1.29, 1.82) is 0 Å². The van der Waals surface area contributed by atoms with E-state index in [0.29, 0.717) is 49.7 Å². The summed E-state index contributed by atoms with van der Waals surface area (Å²) in [7, 11) is 0. The number of carbonyl (C=O) groups excluding carboxylic acids is 4. The fourth-order valence-electron chi connectivity index (χ4n) is 8.67. The lowest BCUT2D eigenvalue weighted by atomic mass is 9.52. The first-order chi connectivity index (χ1) is 26.9. The van der Waals surface area contributed by atoms with E-state index in [-0.39, 0.29) is 53.1 Å². The lowest BCUT2D eigenvalue weighted by molar-refractivity contribution is -0.144. The second-order valence-electron chi connectivity index (χ2n) is 18.2. The minimum absolute atomic E-state index is 0.0637. The van der Waals surface area contributed by atoms with Gasteiger partial charge in [-0.25, -0.2) is 4.98 Å². The van der Waals surface area contributed by atoms with Crippen LogP contribution in [0.25, 0.3) is 11.3 Å². The summed E-state index contributed by atoms with van der Waals surface area (Å²) in [6.45, 7) is 19.5. The van der Waals surface area contributed by atoms with Crippen LogP contribution in [0.2, 0.25) is 0 Å². The van der Waals surface area contributed by atoms with Crippen molar-refractivity contribution in [2.45, 2.75) is 125 Å². The summed E-state index contributed by atoms with van der Waals surface area (Å²) in [5, 5.41) is 9.21. The Labute approximate surface area is 338 Å². The molecule has 12 heteroatoms. The van der Waals surface area contributed by atoms with E-state index >= 15 is 0 Å². The van der Waals surface area contributed by atoms with Gasteiger partial charge in [-0.15, -0.1) is 0 Å². The van der Waals surface area contributed by atoms with Gasteiger partial charge in [-0.3, -0.25) is 19.2 Å². The number of aromatic nitrogens is 1. The van der Waals surface area contributed by atoms with Crippen LogP contribution >= 0.6 is 0 Å². The Balaban J connectivity index is 0.998. The average Bonchev–Trinajstić information content (AvgIpc) is 3.82. The van der Waals surface area contributed by atoms with Crippen molar-refractivity contribution in [3.05, 3.63) is 71.7 Å². The maximum absolute atomic E-state index is 13.9. The van der Waals surface area contributed by atoms with E-state index < -0.39 is 17.5 Å². The van der Waals surface area contributed by atoms with Gasteiger partial charge in [0.05, 0.1) is 18.3 Å². The predicted molar refractivity (Wildman–Crippen MR) is 219 cm³/mol. The molecule has 0 bridgehead atoms. The molecule has 1 aromatic heterocycles. The molecule has 57 heavy (non-hydrogen) atoms. The highest BCUT2D eigenvalue weighted by atomic mass is 16.5. The molecule has 1 aliphatic heterocycles. The van der Waals surface area contributed by atoms with E-state index in [9.17, 15) is 19.2 Å². The van der Waals surface area contributed by atoms with Gasteiger partial charge in [-0.2, -0.15) is 0 Å². The summed E-state index contributed by atoms with van der Waals surface area (Å²) in [5.41, 5.74) is 2.84. The molecule has 2 fully saturated rings. The summed E-state index contributed by atoms with van der Waals surface area (Å²) in [6, 6.07) is 13.4. The maximum atomic E-state index is 13.9. The van der Waals surface area contributed by atoms with Crippen LogP contribution in [0.5, 0.6) is 5.75 Å². The molecule has 3 N–H and O–H groups in total. The van der Waals surface area contributed by atoms with Gasteiger partial charge in [0.1, 0.15) is 24.4 Å². The standard InChI is InChI=1S/C45H63N5O7/c1-29(31-15-17-32(18-16-31)37-30(2)46-28-57-37)47-40(53)35-14-13-23-50(35)41(54)38(43(3,4)5)48-36(51)26-55-24-11-10-12-25-56-34-21-19-33(20-22-34)39(52)49-42-44(6,7)27-45(42,8)9/h15-22,28-29,35,38,42H,10-14,23-27H2,1-9H3,(H,47,53)(H,48,51)(H,49,52)/t29-,35-,38+/m0/s1. The van der Waals surface area contributed by atoms with Crippen molar-refractivity contribution in [2.75, 3.05) is 26.4 Å². The van der Waals surface area contributed by atoms with Crippen molar-refractivity contribution in [1.82, 2.24) is 25.8 Å². The Bertz CT molecular complexity index is 1830. The number of likely N-dealkylation sites (tertiary alicyclic amines) is 1. The Kier molecular flexibility index (Phi) is 13.9. The monoisotopic (exact) mass is 785 g/mol. The second-order valence-corrected chi connectivity index (χ2v) is 18.2. The molecule has 0 unspecified atom stereocenters. The Hall–Kier alpha value is -4.71. The Morgan fingerprint density at radius 3 is 2.21 bits per heavy atom. The summed E-state index contributed by atoms with van der Waals surface area (Å²) >= 11 is 0. The molecule has 12 nitrogen and oxygen atoms in total. The summed E-state index contributed by atoms with van der Waals surface area (Å²) in [4.78, 5) is 59.1. The molecule has 1 saturated heterocycles. The van der Waals surface area contributed by atoms with Gasteiger partial charge in [0, 0.05) is 30.3 Å². The first-order valence-corrected chi connectivity index (χ1v) is 20.4. The fraction of sp³-hybridized carbons (Fsp3) is 0.578. The third-order valence-corrected chi connectivity index (χ3v) is 11.3. The third kappa shape index (κ3) is 11.0. The van der Waals surface area contributed by atoms with Gasteiger partial charge in [-0.1, -0.05) is 72.7 Å². The number of aryl methyl sites for hydroxylation is 1. The molecule has 1 aliphatic carbocycles. The van der Waals surface area contributed by atoms with Gasteiger partial charge >= 0.3 is 0 Å². The summed E-state index contributed by atoms with van der Waals surface area (Å²) in [5.74, 6) is 0.498. The summed E-state index contributed by atoms with van der Waals surface area (Å²) < 4.78 is 17.1. The van der Waals surface area contributed by atoms with Crippen molar-refractivity contribution < 1.29 is 33.1 Å². The Morgan fingerprint density at radius 2 is 1.60 bits per heavy atom. The zero-order valence-corrected chi connectivity index (χ0v) is 35.3. The Morgan fingerprint density at radius 1 is 0.930 bits per heavy atom. The van der Waals surface area contributed by atoms with Crippen LogP contribution in [0.15, 0.2) is 59.3 Å².